The molecule has 1 atom stereocenters. The Morgan fingerprint density at radius 1 is 1.12 bits per heavy atom. The van der Waals surface area contributed by atoms with Crippen molar-refractivity contribution in [2.24, 2.45) is 5.73 Å². The molecule has 126 valence electrons. The Bertz CT molecular complexity index is 925. The summed E-state index contributed by atoms with van der Waals surface area (Å²) in [4.78, 5) is 28.5. The van der Waals surface area contributed by atoms with Gasteiger partial charge in [0.05, 0.1) is 11.1 Å². The number of nitrogens with two attached hydrogens (primary N) is 1. The van der Waals surface area contributed by atoms with Gasteiger partial charge in [-0.1, -0.05) is 30.3 Å². The third kappa shape index (κ3) is 4.33. The van der Waals surface area contributed by atoms with Crippen molar-refractivity contribution < 1.29 is 9.59 Å². The van der Waals surface area contributed by atoms with Gasteiger partial charge in [0.25, 0.3) is 5.91 Å². The number of carbonyl (C=O) groups excluding carboxylic acids is 2. The Kier molecular flexibility index (Phi) is 5.28. The van der Waals surface area contributed by atoms with E-state index in [4.69, 9.17) is 5.73 Å². The molecule has 0 aliphatic heterocycles. The molecule has 6 heteroatoms. The second-order valence-electron chi connectivity index (χ2n) is 5.68. The Labute approximate surface area is 158 Å². The molecule has 3 N–H and O–H groups in total. The van der Waals surface area contributed by atoms with E-state index in [1.54, 1.807) is 6.07 Å². The van der Waals surface area contributed by atoms with E-state index in [1.807, 2.05) is 48.5 Å². The quantitative estimate of drug-likeness (QED) is 0.593. The summed E-state index contributed by atoms with van der Waals surface area (Å²) in [6.07, 6.45) is 1.85. The smallest absolute Gasteiger partial charge is 0.253 e. The van der Waals surface area contributed by atoms with Gasteiger partial charge in [0.15, 0.2) is 0 Å². The minimum Gasteiger partial charge on any atom is -0.368 e. The number of carbonyl (C=O) groups is 2. The molecule has 3 aromatic rings. The molecule has 0 aliphatic carbocycles. The van der Waals surface area contributed by atoms with Crippen molar-refractivity contribution >= 4 is 45.3 Å². The van der Waals surface area contributed by atoms with Crippen molar-refractivity contribution in [1.29, 1.82) is 0 Å². The van der Waals surface area contributed by atoms with E-state index in [-0.39, 0.29) is 5.91 Å². The number of para-hydroxylation sites is 1. The summed E-state index contributed by atoms with van der Waals surface area (Å²) < 4.78 is 1.10. The number of nitrogens with zero attached hydrogens (tertiary/aromatic N) is 1. The van der Waals surface area contributed by atoms with Crippen molar-refractivity contribution in [3.63, 3.8) is 0 Å². The lowest BCUT2D eigenvalue weighted by molar-refractivity contribution is -0.119. The van der Waals surface area contributed by atoms with Gasteiger partial charge in [0.2, 0.25) is 5.91 Å². The number of amides is 2. The summed E-state index contributed by atoms with van der Waals surface area (Å²) in [7, 11) is 0. The lowest BCUT2D eigenvalue weighted by atomic mass is 10.0. The van der Waals surface area contributed by atoms with Crippen molar-refractivity contribution in [2.75, 3.05) is 0 Å². The number of pyridine rings is 1. The molecule has 0 bridgehead atoms. The van der Waals surface area contributed by atoms with E-state index >= 15 is 0 Å². The van der Waals surface area contributed by atoms with E-state index in [2.05, 4.69) is 32.9 Å². The summed E-state index contributed by atoms with van der Waals surface area (Å²) in [5, 5.41) is 3.57. The Hall–Kier alpha value is -2.48. The normalized spacial score (nSPS) is 11.9. The van der Waals surface area contributed by atoms with Crippen LogP contribution >= 0.6 is 22.6 Å². The Morgan fingerprint density at radius 2 is 1.84 bits per heavy atom. The van der Waals surface area contributed by atoms with Crippen LogP contribution in [0.2, 0.25) is 0 Å². The number of halogens is 1. The number of primary amides is 1. The van der Waals surface area contributed by atoms with Crippen LogP contribution in [0.1, 0.15) is 15.9 Å². The van der Waals surface area contributed by atoms with Crippen molar-refractivity contribution in [3.05, 3.63) is 75.5 Å². The summed E-state index contributed by atoms with van der Waals surface area (Å²) in [6, 6.07) is 16.2. The van der Waals surface area contributed by atoms with Crippen LogP contribution in [0.5, 0.6) is 0 Å². The van der Waals surface area contributed by atoms with Crippen LogP contribution < -0.4 is 11.1 Å². The molecule has 25 heavy (non-hydrogen) atoms. The van der Waals surface area contributed by atoms with Gasteiger partial charge in [-0.15, -0.1) is 0 Å². The zero-order valence-electron chi connectivity index (χ0n) is 13.3. The molecule has 0 spiro atoms. The number of benzene rings is 2. The average Bonchev–Trinajstić information content (AvgIpc) is 2.62. The van der Waals surface area contributed by atoms with Gasteiger partial charge < -0.3 is 11.1 Å². The van der Waals surface area contributed by atoms with Gasteiger partial charge in [-0.05, 0) is 52.4 Å². The predicted molar refractivity (Wildman–Crippen MR) is 105 cm³/mol. The molecule has 0 saturated carbocycles. The van der Waals surface area contributed by atoms with Gasteiger partial charge in [-0.25, -0.2) is 0 Å². The highest BCUT2D eigenvalue weighted by molar-refractivity contribution is 14.1. The SMILES string of the molecule is NC(=O)[C@@H](Cc1ccc(I)cc1)NC(=O)c1cnc2ccccc2c1. The second kappa shape index (κ2) is 7.60. The molecule has 5 nitrogen and oxygen atoms in total. The summed E-state index contributed by atoms with van der Waals surface area (Å²) in [5.74, 6) is -0.937. The maximum atomic E-state index is 12.5. The minimum atomic E-state index is -0.779. The first kappa shape index (κ1) is 17.3. The first-order valence-electron chi connectivity index (χ1n) is 7.72. The number of aromatic nitrogens is 1. The topological polar surface area (TPSA) is 85.1 Å². The molecular weight excluding hydrogens is 429 g/mol. The number of nitrogens with one attached hydrogen (secondary N) is 1. The molecule has 0 fully saturated rings. The number of fused-ring (bicyclic) bond motifs is 1. The van der Waals surface area contributed by atoms with Crippen LogP contribution in [0.4, 0.5) is 0 Å². The summed E-state index contributed by atoms with van der Waals surface area (Å²) in [6.45, 7) is 0. The van der Waals surface area contributed by atoms with Gasteiger partial charge in [0, 0.05) is 21.6 Å². The maximum absolute atomic E-state index is 12.5. The highest BCUT2D eigenvalue weighted by Crippen LogP contribution is 2.13. The fraction of sp³-hybridized carbons (Fsp3) is 0.105. The highest BCUT2D eigenvalue weighted by atomic mass is 127. The molecule has 0 saturated heterocycles. The highest BCUT2D eigenvalue weighted by Gasteiger charge is 2.20. The fourth-order valence-electron chi connectivity index (χ4n) is 2.52. The monoisotopic (exact) mass is 445 g/mol. The van der Waals surface area contributed by atoms with Crippen LogP contribution in [0.25, 0.3) is 10.9 Å². The molecular formula is C19H16IN3O2. The first-order chi connectivity index (χ1) is 12.0. The van der Waals surface area contributed by atoms with Crippen LogP contribution in [-0.4, -0.2) is 22.8 Å². The lowest BCUT2D eigenvalue weighted by Gasteiger charge is -2.16. The molecule has 2 aromatic carbocycles. The number of rotatable bonds is 5. The zero-order chi connectivity index (χ0) is 17.8. The summed E-state index contributed by atoms with van der Waals surface area (Å²) >= 11 is 2.21. The van der Waals surface area contributed by atoms with Crippen LogP contribution in [-0.2, 0) is 11.2 Å². The third-order valence-corrected chi connectivity index (χ3v) is 4.57. The van der Waals surface area contributed by atoms with Crippen molar-refractivity contribution in [3.8, 4) is 0 Å². The van der Waals surface area contributed by atoms with Gasteiger partial charge in [-0.3, -0.25) is 14.6 Å². The maximum Gasteiger partial charge on any atom is 0.253 e. The third-order valence-electron chi connectivity index (χ3n) is 3.85. The van der Waals surface area contributed by atoms with Gasteiger partial charge in [0.1, 0.15) is 6.04 Å². The molecule has 3 rings (SSSR count). The van der Waals surface area contributed by atoms with Gasteiger partial charge >= 0.3 is 0 Å². The van der Waals surface area contributed by atoms with Gasteiger partial charge in [-0.2, -0.15) is 0 Å². The summed E-state index contributed by atoms with van der Waals surface area (Å²) in [5.41, 5.74) is 7.60. The minimum absolute atomic E-state index is 0.346. The molecule has 1 heterocycles. The molecule has 0 aliphatic rings. The average molecular weight is 445 g/mol. The Balaban J connectivity index is 1.77. The second-order valence-corrected chi connectivity index (χ2v) is 6.92. The standard InChI is InChI=1S/C19H16IN3O2/c20-15-7-5-12(6-8-15)9-17(18(21)24)23-19(25)14-10-13-3-1-2-4-16(13)22-11-14/h1-8,10-11,17H,9H2,(H2,21,24)(H,23,25)/t17-/m1/s1. The van der Waals surface area contributed by atoms with Crippen LogP contribution in [0, 0.1) is 3.57 Å². The van der Waals surface area contributed by atoms with E-state index in [9.17, 15) is 9.59 Å². The van der Waals surface area contributed by atoms with E-state index in [0.29, 0.717) is 12.0 Å². The van der Waals surface area contributed by atoms with E-state index < -0.39 is 11.9 Å². The molecule has 0 radical (unpaired) electrons. The molecule has 1 aromatic heterocycles. The van der Waals surface area contributed by atoms with Crippen molar-refractivity contribution in [1.82, 2.24) is 10.3 Å². The largest absolute Gasteiger partial charge is 0.368 e. The zero-order valence-corrected chi connectivity index (χ0v) is 15.4. The van der Waals surface area contributed by atoms with Crippen LogP contribution in [0.3, 0.4) is 0 Å². The van der Waals surface area contributed by atoms with Crippen molar-refractivity contribution in [2.45, 2.75) is 12.5 Å². The Morgan fingerprint density at radius 3 is 2.56 bits per heavy atom. The van der Waals surface area contributed by atoms with Crippen LogP contribution in [0.15, 0.2) is 60.8 Å². The number of hydrogen-bond acceptors (Lipinski definition) is 3. The molecule has 0 unspecified atom stereocenters. The lowest BCUT2D eigenvalue weighted by Crippen LogP contribution is -2.45. The first-order valence-corrected chi connectivity index (χ1v) is 8.80. The fourth-order valence-corrected chi connectivity index (χ4v) is 2.88. The predicted octanol–water partition coefficient (Wildman–Crippen LogP) is 2.67. The number of hydrogen-bond donors (Lipinski definition) is 2. The molecule has 2 amide bonds. The van der Waals surface area contributed by atoms with E-state index in [1.165, 1.54) is 6.20 Å². The van der Waals surface area contributed by atoms with E-state index in [0.717, 1.165) is 20.0 Å².